The molecule has 1 saturated carbocycles. The lowest BCUT2D eigenvalue weighted by Crippen LogP contribution is -2.62. The topological polar surface area (TPSA) is 107 Å². The lowest BCUT2D eigenvalue weighted by atomic mass is 9.86. The van der Waals surface area contributed by atoms with Crippen molar-refractivity contribution in [1.29, 1.82) is 0 Å². The van der Waals surface area contributed by atoms with Gasteiger partial charge in [0.25, 0.3) is 5.91 Å². The Morgan fingerprint density at radius 3 is 2.48 bits per heavy atom. The zero-order valence-corrected chi connectivity index (χ0v) is 19.2. The fourth-order valence-electron chi connectivity index (χ4n) is 5.15. The molecule has 2 fully saturated rings. The Labute approximate surface area is 192 Å². The summed E-state index contributed by atoms with van der Waals surface area (Å²) in [6.07, 6.45) is 4.11. The summed E-state index contributed by atoms with van der Waals surface area (Å²) in [6.45, 7) is 3.06. The van der Waals surface area contributed by atoms with Crippen molar-refractivity contribution in [3.63, 3.8) is 0 Å². The zero-order valence-electron chi connectivity index (χ0n) is 19.2. The number of rotatable bonds is 4. The summed E-state index contributed by atoms with van der Waals surface area (Å²) in [4.78, 5) is 26.9. The second-order valence-corrected chi connectivity index (χ2v) is 8.65. The molecule has 0 radical (unpaired) electrons. The minimum atomic E-state index is -0.0459. The highest BCUT2D eigenvalue weighted by Crippen LogP contribution is 2.37. The van der Waals surface area contributed by atoms with Crippen molar-refractivity contribution < 1.29 is 18.7 Å². The summed E-state index contributed by atoms with van der Waals surface area (Å²) in [6, 6.07) is 7.43. The second kappa shape index (κ2) is 8.46. The van der Waals surface area contributed by atoms with Crippen LogP contribution in [-0.4, -0.2) is 60.2 Å². The molecule has 0 unspecified atom stereocenters. The van der Waals surface area contributed by atoms with E-state index in [1.165, 1.54) is 0 Å². The molecule has 2 N–H and O–H groups in total. The predicted octanol–water partition coefficient (Wildman–Crippen LogP) is 3.40. The van der Waals surface area contributed by atoms with Crippen LogP contribution in [0.5, 0.6) is 11.5 Å². The van der Waals surface area contributed by atoms with Crippen molar-refractivity contribution in [2.45, 2.75) is 44.7 Å². The van der Waals surface area contributed by atoms with E-state index in [4.69, 9.17) is 24.6 Å². The number of fused-ring (bicyclic) bond motifs is 2. The quantitative estimate of drug-likeness (QED) is 0.643. The Bertz CT molecular complexity index is 1190. The van der Waals surface area contributed by atoms with Gasteiger partial charge in [-0.05, 0) is 38.0 Å². The van der Waals surface area contributed by atoms with Crippen LogP contribution >= 0.6 is 0 Å². The minimum Gasteiger partial charge on any atom is -0.493 e. The van der Waals surface area contributed by atoms with Crippen molar-refractivity contribution in [2.24, 2.45) is 0 Å². The second-order valence-electron chi connectivity index (χ2n) is 8.65. The molecule has 1 aliphatic heterocycles. The van der Waals surface area contributed by atoms with Crippen molar-refractivity contribution in [3.8, 4) is 11.5 Å². The third kappa shape index (κ3) is 3.71. The summed E-state index contributed by atoms with van der Waals surface area (Å²) in [5.74, 6) is 3.25. The minimum absolute atomic E-state index is 0.0459. The van der Waals surface area contributed by atoms with Crippen molar-refractivity contribution >= 4 is 28.6 Å². The van der Waals surface area contributed by atoms with Gasteiger partial charge in [-0.1, -0.05) is 12.8 Å². The monoisotopic (exact) mass is 451 g/mol. The van der Waals surface area contributed by atoms with E-state index >= 15 is 0 Å². The molecule has 33 heavy (non-hydrogen) atoms. The molecule has 174 valence electrons. The number of ether oxygens (including phenoxy) is 2. The Kier molecular flexibility index (Phi) is 5.47. The summed E-state index contributed by atoms with van der Waals surface area (Å²) in [5.41, 5.74) is 7.05. The van der Waals surface area contributed by atoms with Crippen LogP contribution in [0.3, 0.4) is 0 Å². The van der Waals surface area contributed by atoms with Crippen LogP contribution < -0.4 is 20.1 Å². The summed E-state index contributed by atoms with van der Waals surface area (Å²) < 4.78 is 16.5. The van der Waals surface area contributed by atoms with Crippen LogP contribution in [0.4, 0.5) is 11.8 Å². The molecule has 2 aromatic heterocycles. The van der Waals surface area contributed by atoms with Gasteiger partial charge in [-0.15, -0.1) is 0 Å². The number of hydrogen-bond donors (Lipinski definition) is 1. The highest BCUT2D eigenvalue weighted by molar-refractivity contribution is 5.93. The molecule has 9 heteroatoms. The van der Waals surface area contributed by atoms with Gasteiger partial charge in [-0.2, -0.15) is 4.98 Å². The van der Waals surface area contributed by atoms with E-state index in [1.807, 2.05) is 24.0 Å². The molecule has 1 aromatic carbocycles. The number of methoxy groups -OCH3 is 2. The van der Waals surface area contributed by atoms with Crippen LogP contribution in [0, 0.1) is 6.92 Å². The number of aryl methyl sites for hydroxylation is 1. The number of nitrogen functional groups attached to an aromatic ring is 1. The molecule has 3 heterocycles. The number of carbonyl (C=O) groups is 1. The van der Waals surface area contributed by atoms with E-state index in [2.05, 4.69) is 9.88 Å². The molecule has 2 aliphatic rings. The van der Waals surface area contributed by atoms with E-state index in [9.17, 15) is 4.79 Å². The average Bonchev–Trinajstić information content (AvgIpc) is 3.28. The number of carbonyl (C=O) groups excluding carboxylic acids is 1. The normalized spacial score (nSPS) is 20.6. The molecule has 2 atom stereocenters. The first-order valence-electron chi connectivity index (χ1n) is 11.3. The van der Waals surface area contributed by atoms with Gasteiger partial charge < -0.3 is 29.4 Å². The number of furan rings is 1. The predicted molar refractivity (Wildman–Crippen MR) is 125 cm³/mol. The number of nitrogens with two attached hydrogens (primary N) is 1. The van der Waals surface area contributed by atoms with Gasteiger partial charge in [0.1, 0.15) is 11.6 Å². The summed E-state index contributed by atoms with van der Waals surface area (Å²) in [5, 5.41) is 0.721. The van der Waals surface area contributed by atoms with Crippen LogP contribution in [0.1, 0.15) is 42.0 Å². The highest BCUT2D eigenvalue weighted by atomic mass is 16.5. The molecule has 1 aliphatic carbocycles. The fraction of sp³-hybridized carbons (Fsp3) is 0.458. The Morgan fingerprint density at radius 2 is 1.79 bits per heavy atom. The van der Waals surface area contributed by atoms with Crippen molar-refractivity contribution in [1.82, 2.24) is 14.9 Å². The van der Waals surface area contributed by atoms with Gasteiger partial charge in [-0.3, -0.25) is 4.79 Å². The first-order chi connectivity index (χ1) is 16.0. The Morgan fingerprint density at radius 1 is 1.06 bits per heavy atom. The summed E-state index contributed by atoms with van der Waals surface area (Å²) in [7, 11) is 3.18. The van der Waals surface area contributed by atoms with E-state index in [0.717, 1.165) is 36.8 Å². The van der Waals surface area contributed by atoms with Gasteiger partial charge in [0, 0.05) is 24.5 Å². The molecular weight excluding hydrogens is 422 g/mol. The summed E-state index contributed by atoms with van der Waals surface area (Å²) >= 11 is 0. The van der Waals surface area contributed by atoms with Gasteiger partial charge in [0.15, 0.2) is 17.3 Å². The average molecular weight is 452 g/mol. The number of aromatic nitrogens is 2. The number of benzene rings is 1. The van der Waals surface area contributed by atoms with Gasteiger partial charge in [0.2, 0.25) is 5.95 Å². The third-order valence-corrected chi connectivity index (χ3v) is 6.76. The maximum atomic E-state index is 13.2. The Hall–Kier alpha value is -3.49. The van der Waals surface area contributed by atoms with E-state index in [-0.39, 0.29) is 18.0 Å². The molecule has 0 bridgehead atoms. The third-order valence-electron chi connectivity index (χ3n) is 6.76. The maximum absolute atomic E-state index is 13.2. The number of nitrogens with zero attached hydrogens (tertiary/aromatic N) is 4. The van der Waals surface area contributed by atoms with Gasteiger partial charge in [-0.25, -0.2) is 4.98 Å². The van der Waals surface area contributed by atoms with Crippen LogP contribution in [0.15, 0.2) is 28.7 Å². The number of anilines is 2. The first-order valence-corrected chi connectivity index (χ1v) is 11.3. The van der Waals surface area contributed by atoms with Crippen LogP contribution in [0.25, 0.3) is 10.9 Å². The lowest BCUT2D eigenvalue weighted by Gasteiger charge is -2.49. The van der Waals surface area contributed by atoms with Crippen LogP contribution in [0.2, 0.25) is 0 Å². The van der Waals surface area contributed by atoms with E-state index < -0.39 is 0 Å². The van der Waals surface area contributed by atoms with E-state index in [0.29, 0.717) is 47.6 Å². The number of piperazine rings is 1. The molecule has 3 aromatic rings. The largest absolute Gasteiger partial charge is 0.493 e. The van der Waals surface area contributed by atoms with Crippen molar-refractivity contribution in [2.75, 3.05) is 37.9 Å². The maximum Gasteiger partial charge on any atom is 0.289 e. The molecule has 0 spiro atoms. The molecule has 9 nitrogen and oxygen atoms in total. The van der Waals surface area contributed by atoms with Crippen LogP contribution in [-0.2, 0) is 0 Å². The highest BCUT2D eigenvalue weighted by Gasteiger charge is 2.42. The number of amides is 1. The molecular formula is C24H29N5O4. The molecule has 5 rings (SSSR count). The van der Waals surface area contributed by atoms with Crippen molar-refractivity contribution in [3.05, 3.63) is 35.8 Å². The van der Waals surface area contributed by atoms with Gasteiger partial charge in [0.05, 0.1) is 31.8 Å². The molecule has 1 saturated heterocycles. The standard InChI is InChI=1S/C24H29N5O4/c1-14-8-9-19(33-14)23(30)28-10-11-29(18-7-5-4-6-17(18)28)24-26-16-13-21(32-3)20(31-2)12-15(16)22(25)27-24/h8-9,12-13,17-18H,4-7,10-11H2,1-3H3,(H2,25,26,27)/t17-,18-/m0/s1. The molecule has 1 amide bonds. The van der Waals surface area contributed by atoms with E-state index in [1.54, 1.807) is 26.4 Å². The number of hydrogen-bond acceptors (Lipinski definition) is 8. The zero-order chi connectivity index (χ0) is 23.1. The lowest BCUT2D eigenvalue weighted by molar-refractivity contribution is 0.0507. The van der Waals surface area contributed by atoms with Gasteiger partial charge >= 0.3 is 0 Å². The SMILES string of the molecule is COc1cc2nc(N3CCN(C(=O)c4ccc(C)o4)[C@H]4CCCC[C@@H]43)nc(N)c2cc1OC. The smallest absolute Gasteiger partial charge is 0.289 e. The first kappa shape index (κ1) is 21.4. The fourth-order valence-corrected chi connectivity index (χ4v) is 5.15. The Balaban J connectivity index is 1.49.